The molecule has 0 radical (unpaired) electrons. The molecule has 39 heavy (non-hydrogen) atoms. The number of hydrogen-bond donors (Lipinski definition) is 0. The molecule has 1 fully saturated rings. The molecule has 1 aromatic heterocycles. The maximum absolute atomic E-state index is 13.7. The summed E-state index contributed by atoms with van der Waals surface area (Å²) >= 11 is 1.66. The molecule has 0 N–H and O–H groups in total. The lowest BCUT2D eigenvalue weighted by Crippen LogP contribution is -2.52. The summed E-state index contributed by atoms with van der Waals surface area (Å²) in [7, 11) is 0. The molecule has 206 valence electrons. The Hall–Kier alpha value is -3.30. The standard InChI is InChI=1S/C30H35FN4O3S/c1-22(36)34-16-13-25-6-4-7-26(35(25)21-29-32-15-18-39-29)20-33(19-23-5-2-3-8-28(23)34)30(37)14-17-38-27-11-9-24(31)10-12-27/h2-3,5,8-12,15,18,25-26H,4,6-7,13-14,16-17,19-21H2,1H3. The maximum Gasteiger partial charge on any atom is 0.226 e. The van der Waals surface area contributed by atoms with Crippen LogP contribution in [0.25, 0.3) is 0 Å². The van der Waals surface area contributed by atoms with Gasteiger partial charge >= 0.3 is 0 Å². The van der Waals surface area contributed by atoms with Crippen LogP contribution in [0.4, 0.5) is 10.1 Å². The molecule has 5 rings (SSSR count). The third-order valence-corrected chi connectivity index (χ3v) is 8.47. The second kappa shape index (κ2) is 12.7. The van der Waals surface area contributed by atoms with Gasteiger partial charge < -0.3 is 14.5 Å². The minimum absolute atomic E-state index is 0.00291. The summed E-state index contributed by atoms with van der Waals surface area (Å²) in [5.41, 5.74) is 1.83. The fraction of sp³-hybridized carbons (Fsp3) is 0.433. The summed E-state index contributed by atoms with van der Waals surface area (Å²) in [6, 6.07) is 14.2. The minimum Gasteiger partial charge on any atom is -0.493 e. The molecule has 9 heteroatoms. The van der Waals surface area contributed by atoms with E-state index in [0.29, 0.717) is 31.4 Å². The molecule has 3 heterocycles. The van der Waals surface area contributed by atoms with Crippen LogP contribution < -0.4 is 9.64 Å². The van der Waals surface area contributed by atoms with Crippen LogP contribution in [-0.4, -0.2) is 58.4 Å². The van der Waals surface area contributed by atoms with Crippen molar-refractivity contribution >= 4 is 28.8 Å². The molecule has 2 aliphatic heterocycles. The molecule has 0 aliphatic carbocycles. The summed E-state index contributed by atoms with van der Waals surface area (Å²) in [5, 5.41) is 3.07. The number of nitrogens with zero attached hydrogens (tertiary/aromatic N) is 4. The molecular formula is C30H35FN4O3S. The summed E-state index contributed by atoms with van der Waals surface area (Å²) in [6.45, 7) is 4.22. The first-order valence-electron chi connectivity index (χ1n) is 13.6. The van der Waals surface area contributed by atoms with Crippen molar-refractivity contribution in [2.75, 3.05) is 24.6 Å². The molecule has 2 atom stereocenters. The van der Waals surface area contributed by atoms with E-state index in [1.165, 1.54) is 12.1 Å². The predicted molar refractivity (Wildman–Crippen MR) is 150 cm³/mol. The maximum atomic E-state index is 13.7. The lowest BCUT2D eigenvalue weighted by Gasteiger charge is -2.43. The number of fused-ring (bicyclic) bond motifs is 3. The zero-order valence-electron chi connectivity index (χ0n) is 22.3. The number of thiazole rings is 1. The van der Waals surface area contributed by atoms with Gasteiger partial charge in [-0.2, -0.15) is 0 Å². The van der Waals surface area contributed by atoms with Crippen molar-refractivity contribution in [2.45, 2.75) is 64.2 Å². The normalized spacial score (nSPS) is 20.2. The van der Waals surface area contributed by atoms with Crippen molar-refractivity contribution in [1.29, 1.82) is 0 Å². The third-order valence-electron chi connectivity index (χ3n) is 7.71. The second-order valence-electron chi connectivity index (χ2n) is 10.3. The van der Waals surface area contributed by atoms with Gasteiger partial charge in [-0.25, -0.2) is 9.37 Å². The number of carbonyl (C=O) groups excluding carboxylic acids is 2. The number of rotatable bonds is 6. The van der Waals surface area contributed by atoms with Crippen molar-refractivity contribution in [3.8, 4) is 5.75 Å². The Labute approximate surface area is 233 Å². The smallest absolute Gasteiger partial charge is 0.226 e. The summed E-state index contributed by atoms with van der Waals surface area (Å²) in [4.78, 5) is 37.4. The predicted octanol–water partition coefficient (Wildman–Crippen LogP) is 5.26. The average Bonchev–Trinajstić information content (AvgIpc) is 3.44. The minimum atomic E-state index is -0.326. The first-order chi connectivity index (χ1) is 19.0. The molecular weight excluding hydrogens is 515 g/mol. The van der Waals surface area contributed by atoms with E-state index in [0.717, 1.165) is 48.5 Å². The molecule has 2 unspecified atom stereocenters. The number of para-hydroxylation sites is 1. The molecule has 0 saturated carbocycles. The van der Waals surface area contributed by atoms with E-state index >= 15 is 0 Å². The average molecular weight is 551 g/mol. The largest absolute Gasteiger partial charge is 0.493 e. The highest BCUT2D eigenvalue weighted by molar-refractivity contribution is 7.09. The van der Waals surface area contributed by atoms with Gasteiger partial charge in [0.25, 0.3) is 0 Å². The first kappa shape index (κ1) is 27.3. The number of benzene rings is 2. The van der Waals surface area contributed by atoms with Crippen LogP contribution in [0.2, 0.25) is 0 Å². The van der Waals surface area contributed by atoms with Crippen LogP contribution in [0.15, 0.2) is 60.1 Å². The Kier molecular flexibility index (Phi) is 8.88. The Bertz CT molecular complexity index is 1250. The van der Waals surface area contributed by atoms with Crippen LogP contribution in [0.5, 0.6) is 5.75 Å². The van der Waals surface area contributed by atoms with Gasteiger partial charge in [-0.05, 0) is 55.2 Å². The highest BCUT2D eigenvalue weighted by atomic mass is 32.1. The quantitative estimate of drug-likeness (QED) is 0.419. The van der Waals surface area contributed by atoms with Crippen molar-refractivity contribution in [2.24, 2.45) is 0 Å². The van der Waals surface area contributed by atoms with Gasteiger partial charge in [0, 0.05) is 55.9 Å². The molecule has 1 saturated heterocycles. The van der Waals surface area contributed by atoms with E-state index in [1.807, 2.05) is 45.6 Å². The van der Waals surface area contributed by atoms with E-state index in [2.05, 4.69) is 9.88 Å². The second-order valence-corrected chi connectivity index (χ2v) is 11.2. The number of aromatic nitrogens is 1. The van der Waals surface area contributed by atoms with E-state index in [4.69, 9.17) is 4.74 Å². The number of ether oxygens (including phenoxy) is 1. The topological polar surface area (TPSA) is 66.0 Å². The lowest BCUT2D eigenvalue weighted by molar-refractivity contribution is -0.133. The molecule has 3 aromatic rings. The zero-order valence-corrected chi connectivity index (χ0v) is 23.1. The van der Waals surface area contributed by atoms with Gasteiger partial charge in [0.05, 0.1) is 19.6 Å². The van der Waals surface area contributed by atoms with Gasteiger partial charge in [-0.15, -0.1) is 11.3 Å². The number of piperidine rings is 1. The Morgan fingerprint density at radius 2 is 1.87 bits per heavy atom. The molecule has 2 aliphatic rings. The van der Waals surface area contributed by atoms with Gasteiger partial charge in [-0.1, -0.05) is 24.6 Å². The highest BCUT2D eigenvalue weighted by Crippen LogP contribution is 2.32. The summed E-state index contributed by atoms with van der Waals surface area (Å²) < 4.78 is 19.0. The summed E-state index contributed by atoms with van der Waals surface area (Å²) in [5.74, 6) is 0.213. The van der Waals surface area contributed by atoms with Crippen LogP contribution in [0, 0.1) is 5.82 Å². The van der Waals surface area contributed by atoms with E-state index in [-0.39, 0.29) is 36.7 Å². The van der Waals surface area contributed by atoms with Crippen LogP contribution in [0.1, 0.15) is 49.6 Å². The van der Waals surface area contributed by atoms with Crippen molar-refractivity contribution < 1.29 is 18.7 Å². The van der Waals surface area contributed by atoms with Gasteiger partial charge in [0.2, 0.25) is 11.8 Å². The number of anilines is 1. The first-order valence-corrected chi connectivity index (χ1v) is 14.5. The number of carbonyl (C=O) groups is 2. The van der Waals surface area contributed by atoms with Crippen molar-refractivity contribution in [1.82, 2.24) is 14.8 Å². The molecule has 2 bridgehead atoms. The number of amides is 2. The SMILES string of the molecule is CC(=O)N1CCC2CCCC(CN(C(=O)CCOc3ccc(F)cc3)Cc3ccccc31)N2Cc1nccs1. The fourth-order valence-corrected chi connectivity index (χ4v) is 6.39. The Balaban J connectivity index is 1.41. The van der Waals surface area contributed by atoms with Crippen LogP contribution >= 0.6 is 11.3 Å². The fourth-order valence-electron chi connectivity index (χ4n) is 5.76. The van der Waals surface area contributed by atoms with Crippen LogP contribution in [-0.2, 0) is 22.7 Å². The number of halogens is 1. The third kappa shape index (κ3) is 6.83. The monoisotopic (exact) mass is 550 g/mol. The molecule has 2 amide bonds. The number of hydrogen-bond acceptors (Lipinski definition) is 6. The van der Waals surface area contributed by atoms with Gasteiger partial charge in [0.15, 0.2) is 0 Å². The van der Waals surface area contributed by atoms with Crippen LogP contribution in [0.3, 0.4) is 0 Å². The van der Waals surface area contributed by atoms with Crippen molar-refractivity contribution in [3.05, 3.63) is 76.5 Å². The molecule has 7 nitrogen and oxygen atoms in total. The summed E-state index contributed by atoms with van der Waals surface area (Å²) in [6.07, 6.45) is 6.08. The van der Waals surface area contributed by atoms with E-state index in [1.54, 1.807) is 30.4 Å². The van der Waals surface area contributed by atoms with Crippen molar-refractivity contribution in [3.63, 3.8) is 0 Å². The molecule has 2 aromatic carbocycles. The van der Waals surface area contributed by atoms with Gasteiger partial charge in [-0.3, -0.25) is 14.5 Å². The Morgan fingerprint density at radius 3 is 2.64 bits per heavy atom. The highest BCUT2D eigenvalue weighted by Gasteiger charge is 2.35. The lowest BCUT2D eigenvalue weighted by atomic mass is 9.92. The Morgan fingerprint density at radius 1 is 1.08 bits per heavy atom. The van der Waals surface area contributed by atoms with E-state index < -0.39 is 0 Å². The molecule has 0 spiro atoms. The van der Waals surface area contributed by atoms with E-state index in [9.17, 15) is 14.0 Å². The zero-order chi connectivity index (χ0) is 27.2. The van der Waals surface area contributed by atoms with Gasteiger partial charge in [0.1, 0.15) is 16.6 Å².